The molecule has 108 valence electrons. The number of aliphatic hydroxyl groups excluding tert-OH is 1. The van der Waals surface area contributed by atoms with Gasteiger partial charge < -0.3 is 20.6 Å². The van der Waals surface area contributed by atoms with Crippen molar-refractivity contribution in [2.45, 2.75) is 39.7 Å². The Morgan fingerprint density at radius 2 is 1.94 bits per heavy atom. The number of urea groups is 1. The van der Waals surface area contributed by atoms with E-state index in [1.807, 2.05) is 14.1 Å². The van der Waals surface area contributed by atoms with Crippen molar-refractivity contribution in [3.05, 3.63) is 0 Å². The van der Waals surface area contributed by atoms with Crippen LogP contribution >= 0.6 is 0 Å². The fourth-order valence-electron chi connectivity index (χ4n) is 1.60. The molecule has 0 saturated carbocycles. The first-order chi connectivity index (χ1) is 8.27. The summed E-state index contributed by atoms with van der Waals surface area (Å²) < 4.78 is 0. The Morgan fingerprint density at radius 1 is 1.33 bits per heavy atom. The van der Waals surface area contributed by atoms with E-state index in [4.69, 9.17) is 5.11 Å². The van der Waals surface area contributed by atoms with Crippen molar-refractivity contribution in [1.29, 1.82) is 0 Å². The van der Waals surface area contributed by atoms with Gasteiger partial charge in [-0.2, -0.15) is 0 Å². The van der Waals surface area contributed by atoms with Gasteiger partial charge in [-0.3, -0.25) is 0 Å². The molecule has 3 N–H and O–H groups in total. The fourth-order valence-corrected chi connectivity index (χ4v) is 1.60. The summed E-state index contributed by atoms with van der Waals surface area (Å²) in [6.07, 6.45) is 1.51. The van der Waals surface area contributed by atoms with Gasteiger partial charge in [-0.15, -0.1) is 0 Å². The van der Waals surface area contributed by atoms with Gasteiger partial charge in [0.25, 0.3) is 0 Å². The van der Waals surface area contributed by atoms with E-state index in [9.17, 15) is 4.79 Å². The summed E-state index contributed by atoms with van der Waals surface area (Å²) in [5, 5.41) is 14.4. The Kier molecular flexibility index (Phi) is 7.95. The van der Waals surface area contributed by atoms with Crippen LogP contribution in [0, 0.1) is 5.41 Å². The summed E-state index contributed by atoms with van der Waals surface area (Å²) in [7, 11) is 4.06. The lowest BCUT2D eigenvalue weighted by Gasteiger charge is -2.32. The molecule has 5 heteroatoms. The molecule has 0 rings (SSSR count). The average molecular weight is 259 g/mol. The van der Waals surface area contributed by atoms with E-state index in [1.54, 1.807) is 0 Å². The summed E-state index contributed by atoms with van der Waals surface area (Å²) in [5.74, 6) is 0. The maximum atomic E-state index is 11.7. The molecular formula is C13H29N3O2. The third-order valence-corrected chi connectivity index (χ3v) is 2.84. The molecule has 0 bridgehead atoms. The van der Waals surface area contributed by atoms with Gasteiger partial charge in [-0.05, 0) is 38.9 Å². The fraction of sp³-hybridized carbons (Fsp3) is 0.923. The van der Waals surface area contributed by atoms with Gasteiger partial charge in [0, 0.05) is 19.2 Å². The summed E-state index contributed by atoms with van der Waals surface area (Å²) in [6, 6.07) is -0.0174. The first-order valence-electron chi connectivity index (χ1n) is 6.57. The maximum Gasteiger partial charge on any atom is 0.315 e. The van der Waals surface area contributed by atoms with E-state index in [1.165, 1.54) is 0 Å². The molecule has 0 aliphatic heterocycles. The lowest BCUT2D eigenvalue weighted by Crippen LogP contribution is -2.49. The molecule has 0 aromatic heterocycles. The molecular weight excluding hydrogens is 230 g/mol. The quantitative estimate of drug-likeness (QED) is 0.598. The van der Waals surface area contributed by atoms with Crippen LogP contribution in [0.25, 0.3) is 0 Å². The summed E-state index contributed by atoms with van der Waals surface area (Å²) in [5.41, 5.74) is 0.0321. The first kappa shape index (κ1) is 17.2. The number of carbonyl (C=O) groups is 1. The minimum Gasteiger partial charge on any atom is -0.396 e. The molecule has 0 aliphatic rings. The second-order valence-corrected chi connectivity index (χ2v) is 5.99. The van der Waals surface area contributed by atoms with Crippen LogP contribution in [0.3, 0.4) is 0 Å². The molecule has 2 amide bonds. The Balaban J connectivity index is 4.19. The van der Waals surface area contributed by atoms with Crippen molar-refractivity contribution >= 4 is 6.03 Å². The number of hydrogen-bond acceptors (Lipinski definition) is 3. The van der Waals surface area contributed by atoms with Crippen molar-refractivity contribution in [2.24, 2.45) is 5.41 Å². The lowest BCUT2D eigenvalue weighted by molar-refractivity contribution is 0.205. The summed E-state index contributed by atoms with van der Waals surface area (Å²) in [6.45, 7) is 7.93. The van der Waals surface area contributed by atoms with E-state index in [0.29, 0.717) is 13.0 Å². The van der Waals surface area contributed by atoms with Gasteiger partial charge >= 0.3 is 6.03 Å². The topological polar surface area (TPSA) is 64.6 Å². The molecule has 0 radical (unpaired) electrons. The van der Waals surface area contributed by atoms with Crippen LogP contribution in [-0.2, 0) is 0 Å². The standard InChI is InChI=1S/C13H29N3O2/c1-13(2,3)11(7-9-16(4)5)15-12(18)14-8-6-10-17/h11,17H,6-10H2,1-5H3,(H2,14,15,18). The zero-order valence-electron chi connectivity index (χ0n) is 12.4. The van der Waals surface area contributed by atoms with Crippen LogP contribution in [0.5, 0.6) is 0 Å². The minimum absolute atomic E-state index is 0.0321. The highest BCUT2D eigenvalue weighted by Crippen LogP contribution is 2.21. The SMILES string of the molecule is CN(C)CCC(NC(=O)NCCCO)C(C)(C)C. The Bertz CT molecular complexity index is 237. The van der Waals surface area contributed by atoms with Gasteiger partial charge in [0.15, 0.2) is 0 Å². The first-order valence-corrected chi connectivity index (χ1v) is 6.57. The molecule has 5 nitrogen and oxygen atoms in total. The molecule has 0 aromatic carbocycles. The number of aliphatic hydroxyl groups is 1. The lowest BCUT2D eigenvalue weighted by atomic mass is 9.85. The van der Waals surface area contributed by atoms with Crippen molar-refractivity contribution in [1.82, 2.24) is 15.5 Å². The Labute approximate surface area is 111 Å². The Hall–Kier alpha value is -0.810. The number of carbonyl (C=O) groups excluding carboxylic acids is 1. The highest BCUT2D eigenvalue weighted by atomic mass is 16.3. The van der Waals surface area contributed by atoms with Crippen molar-refractivity contribution in [3.8, 4) is 0 Å². The largest absolute Gasteiger partial charge is 0.396 e. The van der Waals surface area contributed by atoms with Crippen molar-refractivity contribution in [2.75, 3.05) is 33.8 Å². The summed E-state index contributed by atoms with van der Waals surface area (Å²) >= 11 is 0. The second-order valence-electron chi connectivity index (χ2n) is 5.99. The number of nitrogens with zero attached hydrogens (tertiary/aromatic N) is 1. The van der Waals surface area contributed by atoms with Crippen molar-refractivity contribution in [3.63, 3.8) is 0 Å². The van der Waals surface area contributed by atoms with Crippen LogP contribution in [-0.4, -0.2) is 55.9 Å². The molecule has 0 heterocycles. The molecule has 1 unspecified atom stereocenters. The van der Waals surface area contributed by atoms with E-state index in [0.717, 1.165) is 13.0 Å². The number of nitrogens with one attached hydrogen (secondary N) is 2. The molecule has 0 spiro atoms. The summed E-state index contributed by atoms with van der Waals surface area (Å²) in [4.78, 5) is 13.8. The average Bonchev–Trinajstić information content (AvgIpc) is 2.22. The molecule has 0 aromatic rings. The zero-order valence-corrected chi connectivity index (χ0v) is 12.4. The van der Waals surface area contributed by atoms with Gasteiger partial charge in [0.1, 0.15) is 0 Å². The third kappa shape index (κ3) is 8.31. The number of amides is 2. The predicted molar refractivity (Wildman–Crippen MR) is 74.7 cm³/mol. The number of hydrogen-bond donors (Lipinski definition) is 3. The van der Waals surface area contributed by atoms with Crippen LogP contribution in [0.4, 0.5) is 4.79 Å². The molecule has 0 fully saturated rings. The molecule has 0 saturated heterocycles. The van der Waals surface area contributed by atoms with E-state index in [2.05, 4.69) is 36.3 Å². The monoisotopic (exact) mass is 259 g/mol. The molecule has 0 aliphatic carbocycles. The Morgan fingerprint density at radius 3 is 2.39 bits per heavy atom. The highest BCUT2D eigenvalue weighted by Gasteiger charge is 2.25. The third-order valence-electron chi connectivity index (χ3n) is 2.84. The van der Waals surface area contributed by atoms with E-state index >= 15 is 0 Å². The molecule has 1 atom stereocenters. The van der Waals surface area contributed by atoms with E-state index < -0.39 is 0 Å². The van der Waals surface area contributed by atoms with Gasteiger partial charge in [0.2, 0.25) is 0 Å². The number of rotatable bonds is 7. The minimum atomic E-state index is -0.151. The van der Waals surface area contributed by atoms with E-state index in [-0.39, 0.29) is 24.1 Å². The predicted octanol–water partition coefficient (Wildman–Crippen LogP) is 1.03. The second kappa shape index (κ2) is 8.32. The van der Waals surface area contributed by atoms with Crippen LogP contribution in [0.1, 0.15) is 33.6 Å². The van der Waals surface area contributed by atoms with Gasteiger partial charge in [0.05, 0.1) is 0 Å². The van der Waals surface area contributed by atoms with Crippen LogP contribution < -0.4 is 10.6 Å². The molecule has 18 heavy (non-hydrogen) atoms. The van der Waals surface area contributed by atoms with Gasteiger partial charge in [-0.25, -0.2) is 4.79 Å². The van der Waals surface area contributed by atoms with Crippen molar-refractivity contribution < 1.29 is 9.90 Å². The zero-order chi connectivity index (χ0) is 14.2. The maximum absolute atomic E-state index is 11.7. The smallest absolute Gasteiger partial charge is 0.315 e. The van der Waals surface area contributed by atoms with Crippen LogP contribution in [0.2, 0.25) is 0 Å². The van der Waals surface area contributed by atoms with Gasteiger partial charge in [-0.1, -0.05) is 20.8 Å². The van der Waals surface area contributed by atoms with Crippen LogP contribution in [0.15, 0.2) is 0 Å². The normalized spacial score (nSPS) is 13.5. The highest BCUT2D eigenvalue weighted by molar-refractivity contribution is 5.74.